The first-order chi connectivity index (χ1) is 8.65. The number of nitrogens with two attached hydrogens (primary N) is 1. The molecule has 0 bridgehead atoms. The normalized spacial score (nSPS) is 18.1. The minimum atomic E-state index is -0.316. The SMILES string of the molecule is Nc1cc(F)ccc1SCC(O)CC1CCCC1. The Balaban J connectivity index is 1.79. The summed E-state index contributed by atoms with van der Waals surface area (Å²) in [5.41, 5.74) is 6.18. The Morgan fingerprint density at radius 1 is 1.39 bits per heavy atom. The average molecular weight is 269 g/mol. The number of aliphatic hydroxyl groups is 1. The fourth-order valence-electron chi connectivity index (χ4n) is 2.54. The van der Waals surface area contributed by atoms with Crippen molar-refractivity contribution in [3.8, 4) is 0 Å². The summed E-state index contributed by atoms with van der Waals surface area (Å²) in [4.78, 5) is 0.849. The van der Waals surface area contributed by atoms with Crippen LogP contribution in [-0.4, -0.2) is 17.0 Å². The van der Waals surface area contributed by atoms with Gasteiger partial charge in [-0.1, -0.05) is 25.7 Å². The smallest absolute Gasteiger partial charge is 0.125 e. The van der Waals surface area contributed by atoms with E-state index in [-0.39, 0.29) is 11.9 Å². The van der Waals surface area contributed by atoms with E-state index in [0.717, 1.165) is 11.3 Å². The summed E-state index contributed by atoms with van der Waals surface area (Å²) in [7, 11) is 0. The number of anilines is 1. The molecule has 4 heteroatoms. The van der Waals surface area contributed by atoms with Crippen molar-refractivity contribution in [1.82, 2.24) is 0 Å². The highest BCUT2D eigenvalue weighted by molar-refractivity contribution is 7.99. The molecule has 2 nitrogen and oxygen atoms in total. The maximum atomic E-state index is 12.9. The highest BCUT2D eigenvalue weighted by Gasteiger charge is 2.19. The highest BCUT2D eigenvalue weighted by atomic mass is 32.2. The Labute approximate surface area is 112 Å². The molecule has 3 N–H and O–H groups in total. The number of hydrogen-bond donors (Lipinski definition) is 2. The first-order valence-electron chi connectivity index (χ1n) is 6.51. The number of benzene rings is 1. The Hall–Kier alpha value is -0.740. The van der Waals surface area contributed by atoms with Crippen molar-refractivity contribution >= 4 is 17.4 Å². The molecule has 0 aliphatic heterocycles. The molecule has 1 atom stereocenters. The molecule has 100 valence electrons. The maximum Gasteiger partial charge on any atom is 0.125 e. The van der Waals surface area contributed by atoms with Gasteiger partial charge in [0.1, 0.15) is 5.82 Å². The predicted molar refractivity (Wildman–Crippen MR) is 74.1 cm³/mol. The van der Waals surface area contributed by atoms with Crippen molar-refractivity contribution in [3.05, 3.63) is 24.0 Å². The Kier molecular flexibility index (Phi) is 4.89. The first kappa shape index (κ1) is 13.7. The second-order valence-corrected chi connectivity index (χ2v) is 6.09. The molecule has 1 aliphatic rings. The minimum Gasteiger partial charge on any atom is -0.398 e. The van der Waals surface area contributed by atoms with Gasteiger partial charge >= 0.3 is 0 Å². The van der Waals surface area contributed by atoms with E-state index >= 15 is 0 Å². The van der Waals surface area contributed by atoms with E-state index in [0.29, 0.717) is 17.4 Å². The molecule has 1 aromatic rings. The van der Waals surface area contributed by atoms with Gasteiger partial charge in [-0.3, -0.25) is 0 Å². The largest absolute Gasteiger partial charge is 0.398 e. The third kappa shape index (κ3) is 3.89. The molecule has 1 unspecified atom stereocenters. The van der Waals surface area contributed by atoms with Crippen molar-refractivity contribution in [2.75, 3.05) is 11.5 Å². The molecule has 1 fully saturated rings. The van der Waals surface area contributed by atoms with Gasteiger partial charge in [-0.05, 0) is 30.5 Å². The Morgan fingerprint density at radius 3 is 2.78 bits per heavy atom. The summed E-state index contributed by atoms with van der Waals surface area (Å²) in [6, 6.07) is 4.41. The molecule has 1 aromatic carbocycles. The van der Waals surface area contributed by atoms with Crippen LogP contribution in [0, 0.1) is 11.7 Å². The molecule has 0 radical (unpaired) electrons. The third-order valence-electron chi connectivity index (χ3n) is 3.48. The van der Waals surface area contributed by atoms with Gasteiger partial charge < -0.3 is 10.8 Å². The lowest BCUT2D eigenvalue weighted by atomic mass is 10.0. The van der Waals surface area contributed by atoms with Crippen LogP contribution in [0.15, 0.2) is 23.1 Å². The van der Waals surface area contributed by atoms with Crippen molar-refractivity contribution in [2.45, 2.75) is 43.1 Å². The van der Waals surface area contributed by atoms with Gasteiger partial charge in [-0.2, -0.15) is 0 Å². The zero-order valence-corrected chi connectivity index (χ0v) is 11.3. The van der Waals surface area contributed by atoms with Gasteiger partial charge in [-0.25, -0.2) is 4.39 Å². The highest BCUT2D eigenvalue weighted by Crippen LogP contribution is 2.31. The second-order valence-electron chi connectivity index (χ2n) is 5.03. The van der Waals surface area contributed by atoms with Crippen molar-refractivity contribution in [2.24, 2.45) is 5.92 Å². The van der Waals surface area contributed by atoms with Crippen molar-refractivity contribution in [1.29, 1.82) is 0 Å². The van der Waals surface area contributed by atoms with Crippen molar-refractivity contribution < 1.29 is 9.50 Å². The van der Waals surface area contributed by atoms with E-state index in [1.165, 1.54) is 49.6 Å². The summed E-state index contributed by atoms with van der Waals surface area (Å²) < 4.78 is 12.9. The van der Waals surface area contributed by atoms with Crippen LogP contribution in [0.3, 0.4) is 0 Å². The monoisotopic (exact) mass is 269 g/mol. The number of hydrogen-bond acceptors (Lipinski definition) is 3. The molecular weight excluding hydrogens is 249 g/mol. The van der Waals surface area contributed by atoms with E-state index in [2.05, 4.69) is 0 Å². The fourth-order valence-corrected chi connectivity index (χ4v) is 3.43. The lowest BCUT2D eigenvalue weighted by molar-refractivity contribution is 0.166. The zero-order valence-electron chi connectivity index (χ0n) is 10.4. The van der Waals surface area contributed by atoms with Crippen LogP contribution in [0.4, 0.5) is 10.1 Å². The topological polar surface area (TPSA) is 46.2 Å². The van der Waals surface area contributed by atoms with Crippen LogP contribution in [0.2, 0.25) is 0 Å². The van der Waals surface area contributed by atoms with E-state index in [9.17, 15) is 9.50 Å². The molecule has 0 heterocycles. The maximum absolute atomic E-state index is 12.9. The number of thioether (sulfide) groups is 1. The van der Waals surface area contributed by atoms with Crippen LogP contribution in [0.5, 0.6) is 0 Å². The number of rotatable bonds is 5. The van der Waals surface area contributed by atoms with E-state index in [4.69, 9.17) is 5.73 Å². The summed E-state index contributed by atoms with van der Waals surface area (Å²) in [5.74, 6) is 1.00. The second kappa shape index (κ2) is 6.43. The minimum absolute atomic E-state index is 0.289. The van der Waals surface area contributed by atoms with Crippen LogP contribution in [0.25, 0.3) is 0 Å². The number of aliphatic hydroxyl groups excluding tert-OH is 1. The van der Waals surface area contributed by atoms with E-state index in [1.54, 1.807) is 6.07 Å². The summed E-state index contributed by atoms with van der Waals surface area (Å²) in [6.45, 7) is 0. The van der Waals surface area contributed by atoms with E-state index < -0.39 is 0 Å². The van der Waals surface area contributed by atoms with Gasteiger partial charge in [0.2, 0.25) is 0 Å². The van der Waals surface area contributed by atoms with Gasteiger partial charge in [0.15, 0.2) is 0 Å². The van der Waals surface area contributed by atoms with Crippen molar-refractivity contribution in [3.63, 3.8) is 0 Å². The van der Waals surface area contributed by atoms with Gasteiger partial charge in [0.05, 0.1) is 6.10 Å². The zero-order chi connectivity index (χ0) is 13.0. The van der Waals surface area contributed by atoms with Gasteiger partial charge in [0.25, 0.3) is 0 Å². The first-order valence-corrected chi connectivity index (χ1v) is 7.49. The quantitative estimate of drug-likeness (QED) is 0.636. The third-order valence-corrected chi connectivity index (χ3v) is 4.72. The molecule has 2 rings (SSSR count). The lowest BCUT2D eigenvalue weighted by Gasteiger charge is -2.15. The molecule has 0 amide bonds. The molecule has 0 spiro atoms. The molecule has 1 aliphatic carbocycles. The Bertz CT molecular complexity index is 393. The Morgan fingerprint density at radius 2 is 2.11 bits per heavy atom. The summed E-state index contributed by atoms with van der Waals surface area (Å²) in [6.07, 6.45) is 5.70. The predicted octanol–water partition coefficient (Wildman–Crippen LogP) is 3.44. The van der Waals surface area contributed by atoms with Crippen LogP contribution in [0.1, 0.15) is 32.1 Å². The van der Waals surface area contributed by atoms with E-state index in [1.807, 2.05) is 0 Å². The van der Waals surface area contributed by atoms with Crippen LogP contribution >= 0.6 is 11.8 Å². The summed E-state index contributed by atoms with van der Waals surface area (Å²) >= 11 is 1.51. The molecule has 18 heavy (non-hydrogen) atoms. The molecule has 1 saturated carbocycles. The molecule has 0 aromatic heterocycles. The van der Waals surface area contributed by atoms with Gasteiger partial charge in [-0.15, -0.1) is 11.8 Å². The number of halogens is 1. The number of nitrogen functional groups attached to an aromatic ring is 1. The van der Waals surface area contributed by atoms with Crippen LogP contribution < -0.4 is 5.73 Å². The lowest BCUT2D eigenvalue weighted by Crippen LogP contribution is -2.14. The molecule has 0 saturated heterocycles. The van der Waals surface area contributed by atoms with Crippen LogP contribution in [-0.2, 0) is 0 Å². The standard InChI is InChI=1S/C14H20FNOS/c15-11-5-6-14(13(16)8-11)18-9-12(17)7-10-3-1-2-4-10/h5-6,8,10,12,17H,1-4,7,9,16H2. The summed E-state index contributed by atoms with van der Waals surface area (Å²) in [5, 5.41) is 9.98. The average Bonchev–Trinajstić information content (AvgIpc) is 2.80. The fraction of sp³-hybridized carbons (Fsp3) is 0.571. The molecular formula is C14H20FNOS. The van der Waals surface area contributed by atoms with Gasteiger partial charge in [0, 0.05) is 16.3 Å².